The number of hydrogen-bond acceptors (Lipinski definition) is 2. The number of hydrogen-bond donors (Lipinski definition) is 1. The molecule has 0 fully saturated rings. The van der Waals surface area contributed by atoms with Gasteiger partial charge in [-0.1, -0.05) is 30.3 Å². The van der Waals surface area contributed by atoms with E-state index in [1.807, 2.05) is 18.2 Å². The fourth-order valence-electron chi connectivity index (χ4n) is 1.25. The summed E-state index contributed by atoms with van der Waals surface area (Å²) >= 11 is 0. The van der Waals surface area contributed by atoms with Crippen molar-refractivity contribution in [2.24, 2.45) is 5.73 Å². The van der Waals surface area contributed by atoms with Gasteiger partial charge < -0.3 is 11.9 Å². The SMILES string of the molecule is NC(=O)OCCCCc1ccccc1.[H-].[Na+]. The summed E-state index contributed by atoms with van der Waals surface area (Å²) in [5.74, 6) is 0. The van der Waals surface area contributed by atoms with E-state index >= 15 is 0 Å². The van der Waals surface area contributed by atoms with Crippen molar-refractivity contribution in [3.05, 3.63) is 35.9 Å². The van der Waals surface area contributed by atoms with Crippen LogP contribution in [0.5, 0.6) is 0 Å². The molecule has 2 N–H and O–H groups in total. The minimum atomic E-state index is -0.690. The molecule has 0 aliphatic heterocycles. The number of ether oxygens (including phenoxy) is 1. The first-order valence-corrected chi connectivity index (χ1v) is 4.75. The third-order valence-corrected chi connectivity index (χ3v) is 1.95. The summed E-state index contributed by atoms with van der Waals surface area (Å²) in [4.78, 5) is 10.2. The van der Waals surface area contributed by atoms with Gasteiger partial charge in [0.25, 0.3) is 0 Å². The standard InChI is InChI=1S/C11H15NO2.Na.H/c12-11(13)14-9-5-4-8-10-6-2-1-3-7-10;;/h1-3,6-7H,4-5,8-9H2,(H2,12,13);;/q;+1;-1. The van der Waals surface area contributed by atoms with Crippen LogP contribution in [-0.4, -0.2) is 12.7 Å². The Bertz CT molecular complexity index is 283. The molecule has 1 rings (SSSR count). The van der Waals surface area contributed by atoms with E-state index in [1.165, 1.54) is 5.56 Å². The van der Waals surface area contributed by atoms with Crippen LogP contribution in [0.4, 0.5) is 4.79 Å². The van der Waals surface area contributed by atoms with E-state index in [9.17, 15) is 4.79 Å². The Morgan fingerprint density at radius 3 is 2.53 bits per heavy atom. The molecule has 0 saturated carbocycles. The zero-order chi connectivity index (χ0) is 10.2. The van der Waals surface area contributed by atoms with Crippen molar-refractivity contribution < 1.29 is 40.5 Å². The van der Waals surface area contributed by atoms with Gasteiger partial charge in [0.2, 0.25) is 0 Å². The third-order valence-electron chi connectivity index (χ3n) is 1.95. The maximum Gasteiger partial charge on any atom is 1.00 e. The number of benzene rings is 1. The Hall–Kier alpha value is -0.510. The molecule has 3 nitrogen and oxygen atoms in total. The number of carbonyl (C=O) groups is 1. The van der Waals surface area contributed by atoms with Gasteiger partial charge in [0, 0.05) is 0 Å². The summed E-state index contributed by atoms with van der Waals surface area (Å²) in [5.41, 5.74) is 6.14. The number of amides is 1. The third kappa shape index (κ3) is 7.42. The Morgan fingerprint density at radius 2 is 1.93 bits per heavy atom. The van der Waals surface area contributed by atoms with Crippen LogP contribution in [0, 0.1) is 0 Å². The van der Waals surface area contributed by atoms with E-state index in [2.05, 4.69) is 16.9 Å². The van der Waals surface area contributed by atoms with Crippen LogP contribution in [-0.2, 0) is 11.2 Å². The first-order chi connectivity index (χ1) is 6.79. The van der Waals surface area contributed by atoms with E-state index < -0.39 is 6.09 Å². The number of rotatable bonds is 5. The minimum absolute atomic E-state index is 0. The number of carbonyl (C=O) groups excluding carboxylic acids is 1. The summed E-state index contributed by atoms with van der Waals surface area (Å²) < 4.78 is 4.62. The van der Waals surface area contributed by atoms with E-state index in [-0.39, 0.29) is 31.0 Å². The molecule has 0 saturated heterocycles. The molecule has 78 valence electrons. The van der Waals surface area contributed by atoms with Gasteiger partial charge in [-0.05, 0) is 24.8 Å². The second-order valence-electron chi connectivity index (χ2n) is 3.11. The molecule has 1 amide bonds. The summed E-state index contributed by atoms with van der Waals surface area (Å²) in [6, 6.07) is 10.2. The molecule has 0 bridgehead atoms. The van der Waals surface area contributed by atoms with Crippen LogP contribution in [0.1, 0.15) is 19.8 Å². The number of nitrogens with two attached hydrogens (primary N) is 1. The van der Waals surface area contributed by atoms with E-state index in [1.54, 1.807) is 0 Å². The molecular weight excluding hydrogens is 201 g/mol. The van der Waals surface area contributed by atoms with Gasteiger partial charge in [0.15, 0.2) is 0 Å². The van der Waals surface area contributed by atoms with Crippen LogP contribution in [0.2, 0.25) is 0 Å². The van der Waals surface area contributed by atoms with Crippen LogP contribution in [0.3, 0.4) is 0 Å². The Morgan fingerprint density at radius 1 is 1.27 bits per heavy atom. The molecule has 0 aliphatic carbocycles. The molecule has 0 heterocycles. The van der Waals surface area contributed by atoms with Crippen molar-refractivity contribution in [3.63, 3.8) is 0 Å². The molecule has 15 heavy (non-hydrogen) atoms. The maximum atomic E-state index is 10.2. The van der Waals surface area contributed by atoms with Gasteiger partial charge >= 0.3 is 35.7 Å². The monoisotopic (exact) mass is 217 g/mol. The van der Waals surface area contributed by atoms with Crippen molar-refractivity contribution in [3.8, 4) is 0 Å². The van der Waals surface area contributed by atoms with Crippen molar-refractivity contribution in [1.82, 2.24) is 0 Å². The van der Waals surface area contributed by atoms with Crippen molar-refractivity contribution in [2.45, 2.75) is 19.3 Å². The second-order valence-corrected chi connectivity index (χ2v) is 3.11. The Labute approximate surface area is 114 Å². The molecule has 0 radical (unpaired) electrons. The van der Waals surface area contributed by atoms with Gasteiger partial charge in [0.05, 0.1) is 6.61 Å². The first-order valence-electron chi connectivity index (χ1n) is 4.75. The largest absolute Gasteiger partial charge is 1.00 e. The smallest absolute Gasteiger partial charge is 1.00 e. The molecule has 1 aromatic carbocycles. The van der Waals surface area contributed by atoms with Crippen LogP contribution in [0.15, 0.2) is 30.3 Å². The maximum absolute atomic E-state index is 10.2. The molecular formula is C11H16NNaO2. The van der Waals surface area contributed by atoms with Crippen LogP contribution >= 0.6 is 0 Å². The number of primary amides is 1. The number of unbranched alkanes of at least 4 members (excludes halogenated alkanes) is 1. The fourth-order valence-corrected chi connectivity index (χ4v) is 1.25. The quantitative estimate of drug-likeness (QED) is 0.519. The normalized spacial score (nSPS) is 9.07. The molecule has 0 spiro atoms. The predicted octanol–water partition coefficient (Wildman–Crippen LogP) is -0.779. The van der Waals surface area contributed by atoms with Crippen molar-refractivity contribution >= 4 is 6.09 Å². The summed E-state index contributed by atoms with van der Waals surface area (Å²) in [6.07, 6.45) is 2.20. The second kappa shape index (κ2) is 8.77. The van der Waals surface area contributed by atoms with Gasteiger partial charge in [-0.3, -0.25) is 0 Å². The molecule has 0 aliphatic rings. The topological polar surface area (TPSA) is 52.3 Å². The van der Waals surface area contributed by atoms with E-state index in [0.717, 1.165) is 19.3 Å². The fraction of sp³-hybridized carbons (Fsp3) is 0.364. The molecule has 0 aromatic heterocycles. The van der Waals surface area contributed by atoms with E-state index in [4.69, 9.17) is 5.73 Å². The van der Waals surface area contributed by atoms with Gasteiger partial charge in [-0.25, -0.2) is 4.79 Å². The van der Waals surface area contributed by atoms with Crippen LogP contribution in [0.25, 0.3) is 0 Å². The van der Waals surface area contributed by atoms with Gasteiger partial charge in [-0.2, -0.15) is 0 Å². The van der Waals surface area contributed by atoms with Crippen molar-refractivity contribution in [2.75, 3.05) is 6.61 Å². The zero-order valence-corrected chi connectivity index (χ0v) is 11.1. The first kappa shape index (κ1) is 14.5. The summed E-state index contributed by atoms with van der Waals surface area (Å²) in [5, 5.41) is 0. The Balaban J connectivity index is 0. The molecule has 1 aromatic rings. The molecule has 4 heteroatoms. The minimum Gasteiger partial charge on any atom is -1.00 e. The van der Waals surface area contributed by atoms with E-state index in [0.29, 0.717) is 6.61 Å². The zero-order valence-electron chi connectivity index (χ0n) is 10.1. The molecule has 0 unspecified atom stereocenters. The average Bonchev–Trinajstić information content (AvgIpc) is 2.18. The summed E-state index contributed by atoms with van der Waals surface area (Å²) in [6.45, 7) is 0.419. The summed E-state index contributed by atoms with van der Waals surface area (Å²) in [7, 11) is 0. The average molecular weight is 217 g/mol. The van der Waals surface area contributed by atoms with Crippen molar-refractivity contribution in [1.29, 1.82) is 0 Å². The number of aryl methyl sites for hydroxylation is 1. The Kier molecular flexibility index (Phi) is 8.47. The van der Waals surface area contributed by atoms with Gasteiger partial charge in [0.1, 0.15) is 0 Å². The predicted molar refractivity (Wildman–Crippen MR) is 56.0 cm³/mol. The molecule has 0 atom stereocenters. The van der Waals surface area contributed by atoms with Gasteiger partial charge in [-0.15, -0.1) is 0 Å². The van der Waals surface area contributed by atoms with Crippen LogP contribution < -0.4 is 35.3 Å².